The van der Waals surface area contributed by atoms with E-state index < -0.39 is 16.2 Å². The van der Waals surface area contributed by atoms with E-state index in [4.69, 9.17) is 0 Å². The van der Waals surface area contributed by atoms with Gasteiger partial charge in [0.2, 0.25) is 0 Å². The van der Waals surface area contributed by atoms with Gasteiger partial charge in [0.25, 0.3) is 0 Å². The van der Waals surface area contributed by atoms with E-state index in [0.29, 0.717) is 6.42 Å². The van der Waals surface area contributed by atoms with Crippen molar-refractivity contribution in [2.45, 2.75) is 24.2 Å². The second-order valence-corrected chi connectivity index (χ2v) is 4.94. The maximum Gasteiger partial charge on any atom is 0.414 e. The summed E-state index contributed by atoms with van der Waals surface area (Å²) < 4.78 is 0. The van der Waals surface area contributed by atoms with E-state index in [-0.39, 0.29) is 12.3 Å². The predicted octanol–water partition coefficient (Wildman–Crippen LogP) is 1.78. The molecule has 1 atom stereocenters. The van der Waals surface area contributed by atoms with Gasteiger partial charge in [0.1, 0.15) is 5.54 Å². The van der Waals surface area contributed by atoms with Crippen molar-refractivity contribution in [1.82, 2.24) is 0 Å². The average Bonchev–Trinajstić information content (AvgIpc) is 3.12. The van der Waals surface area contributed by atoms with Crippen molar-refractivity contribution >= 4 is 18.6 Å². The first kappa shape index (κ1) is 12.5. The lowest BCUT2D eigenvalue weighted by molar-refractivity contribution is -0.567. The molecule has 0 N–H and O–H groups in total. The first-order chi connectivity index (χ1) is 9.64. The summed E-state index contributed by atoms with van der Waals surface area (Å²) >= 11 is 0. The van der Waals surface area contributed by atoms with E-state index in [2.05, 4.69) is 25.4 Å². The second-order valence-electron chi connectivity index (χ2n) is 4.94. The molecule has 0 radical (unpaired) electrons. The van der Waals surface area contributed by atoms with Crippen LogP contribution < -0.4 is 0 Å². The SMILES string of the molecule is O=[N+]([O-])C1(CC2(CC3C=CC=C3)C=NN=N2)N=CC=N1. The smallest absolute Gasteiger partial charge is 0.260 e. The number of allylic oxidation sites excluding steroid dienone is 4. The van der Waals surface area contributed by atoms with Crippen LogP contribution in [0.4, 0.5) is 0 Å². The third-order valence-corrected chi connectivity index (χ3v) is 3.48. The Kier molecular flexibility index (Phi) is 2.85. The lowest BCUT2D eigenvalue weighted by atomic mass is 9.84. The van der Waals surface area contributed by atoms with E-state index in [9.17, 15) is 10.1 Å². The minimum absolute atomic E-state index is 0.0190. The van der Waals surface area contributed by atoms with Gasteiger partial charge in [0.15, 0.2) is 0 Å². The van der Waals surface area contributed by atoms with Crippen LogP contribution in [0.3, 0.4) is 0 Å². The van der Waals surface area contributed by atoms with Crippen molar-refractivity contribution in [3.8, 4) is 0 Å². The minimum atomic E-state index is -1.71. The Morgan fingerprint density at radius 3 is 2.45 bits per heavy atom. The van der Waals surface area contributed by atoms with Crippen LogP contribution in [0.25, 0.3) is 0 Å². The molecule has 0 saturated carbocycles. The highest BCUT2D eigenvalue weighted by molar-refractivity contribution is 6.17. The fourth-order valence-electron chi connectivity index (χ4n) is 2.54. The summed E-state index contributed by atoms with van der Waals surface area (Å²) in [6, 6.07) is 0. The zero-order valence-electron chi connectivity index (χ0n) is 10.5. The van der Waals surface area contributed by atoms with Crippen LogP contribution in [0.5, 0.6) is 0 Å². The molecule has 20 heavy (non-hydrogen) atoms. The molecule has 2 aliphatic heterocycles. The van der Waals surface area contributed by atoms with Gasteiger partial charge in [0.05, 0.1) is 17.6 Å². The summed E-state index contributed by atoms with van der Waals surface area (Å²) in [5.74, 6) is -1.54. The van der Waals surface area contributed by atoms with E-state index in [1.807, 2.05) is 24.3 Å². The molecule has 3 rings (SSSR count). The fourth-order valence-corrected chi connectivity index (χ4v) is 2.54. The first-order valence-corrected chi connectivity index (χ1v) is 6.19. The molecule has 0 aromatic rings. The van der Waals surface area contributed by atoms with E-state index in [1.54, 1.807) is 6.21 Å². The quantitative estimate of drug-likeness (QED) is 0.562. The summed E-state index contributed by atoms with van der Waals surface area (Å²) in [6.07, 6.45) is 12.7. The molecule has 0 aromatic heterocycles. The van der Waals surface area contributed by atoms with Gasteiger partial charge in [0, 0.05) is 12.4 Å². The number of rotatable bonds is 5. The van der Waals surface area contributed by atoms with E-state index >= 15 is 0 Å². The van der Waals surface area contributed by atoms with Crippen LogP contribution in [0, 0.1) is 16.0 Å². The minimum Gasteiger partial charge on any atom is -0.260 e. The van der Waals surface area contributed by atoms with E-state index in [0.717, 1.165) is 0 Å². The molecule has 8 nitrogen and oxygen atoms in total. The van der Waals surface area contributed by atoms with Gasteiger partial charge in [-0.2, -0.15) is 15.1 Å². The summed E-state index contributed by atoms with van der Waals surface area (Å²) in [5.41, 5.74) is -0.838. The van der Waals surface area contributed by atoms with E-state index in [1.165, 1.54) is 12.4 Å². The van der Waals surface area contributed by atoms with Crippen molar-refractivity contribution in [2.75, 3.05) is 0 Å². The first-order valence-electron chi connectivity index (χ1n) is 6.19. The number of nitro groups is 1. The topological polar surface area (TPSA) is 105 Å². The van der Waals surface area contributed by atoms with Gasteiger partial charge in [-0.25, -0.2) is 0 Å². The molecule has 2 heterocycles. The van der Waals surface area contributed by atoms with Gasteiger partial charge in [-0.1, -0.05) is 24.3 Å². The molecule has 0 amide bonds. The lowest BCUT2D eigenvalue weighted by Crippen LogP contribution is -2.43. The zero-order valence-corrected chi connectivity index (χ0v) is 10.5. The third-order valence-electron chi connectivity index (χ3n) is 3.48. The van der Waals surface area contributed by atoms with Gasteiger partial charge in [-0.3, -0.25) is 10.1 Å². The molecule has 1 unspecified atom stereocenters. The average molecular weight is 272 g/mol. The van der Waals surface area contributed by atoms with Crippen LogP contribution in [0.15, 0.2) is 49.7 Å². The highest BCUT2D eigenvalue weighted by Gasteiger charge is 2.52. The monoisotopic (exact) mass is 272 g/mol. The number of nitrogens with zero attached hydrogens (tertiary/aromatic N) is 6. The molecule has 3 aliphatic rings. The third kappa shape index (κ3) is 2.09. The van der Waals surface area contributed by atoms with Crippen LogP contribution in [0.1, 0.15) is 12.8 Å². The molecule has 0 aromatic carbocycles. The highest BCUT2D eigenvalue weighted by Crippen LogP contribution is 2.37. The van der Waals surface area contributed by atoms with Gasteiger partial charge >= 0.3 is 5.79 Å². The Hall–Kier alpha value is -2.51. The standard InChI is InChI=1S/C12H12N6O2/c19-18(20)12(13-5-6-14-12)8-11(9-15-17-16-11)7-10-3-1-2-4-10/h1-6,9-10H,7-8H2. The fraction of sp³-hybridized carbons (Fsp3) is 0.417. The van der Waals surface area contributed by atoms with Crippen LogP contribution in [0.2, 0.25) is 0 Å². The predicted molar refractivity (Wildman–Crippen MR) is 73.8 cm³/mol. The maximum atomic E-state index is 11.3. The Bertz CT molecular complexity index is 565. The molecule has 0 bridgehead atoms. The van der Waals surface area contributed by atoms with Crippen molar-refractivity contribution in [1.29, 1.82) is 0 Å². The lowest BCUT2D eigenvalue weighted by Gasteiger charge is -2.26. The number of aliphatic imine (C=N–C) groups is 2. The number of hydrogen-bond donors (Lipinski definition) is 0. The van der Waals surface area contributed by atoms with Crippen LogP contribution in [-0.4, -0.2) is 34.9 Å². The van der Waals surface area contributed by atoms with Gasteiger partial charge < -0.3 is 0 Å². The number of hydrogen-bond acceptors (Lipinski definition) is 7. The second kappa shape index (κ2) is 4.55. The Labute approximate surface area is 114 Å². The van der Waals surface area contributed by atoms with Crippen molar-refractivity contribution in [2.24, 2.45) is 31.3 Å². The summed E-state index contributed by atoms with van der Waals surface area (Å²) in [5, 5.41) is 22.8. The van der Waals surface area contributed by atoms with Crippen molar-refractivity contribution in [3.63, 3.8) is 0 Å². The van der Waals surface area contributed by atoms with Crippen LogP contribution in [-0.2, 0) is 0 Å². The highest BCUT2D eigenvalue weighted by atomic mass is 16.6. The molecular weight excluding hydrogens is 260 g/mol. The molecule has 8 heteroatoms. The Balaban J connectivity index is 1.86. The summed E-state index contributed by atoms with van der Waals surface area (Å²) in [4.78, 5) is 18.6. The Morgan fingerprint density at radius 1 is 1.20 bits per heavy atom. The zero-order chi connectivity index (χ0) is 14.1. The molecule has 0 spiro atoms. The normalized spacial score (nSPS) is 29.0. The summed E-state index contributed by atoms with van der Waals surface area (Å²) in [7, 11) is 0. The molecule has 1 aliphatic carbocycles. The summed E-state index contributed by atoms with van der Waals surface area (Å²) in [6.45, 7) is 0. The molecular formula is C12H12N6O2. The molecule has 0 saturated heterocycles. The largest absolute Gasteiger partial charge is 0.414 e. The molecule has 0 fully saturated rings. The van der Waals surface area contributed by atoms with Gasteiger partial charge in [-0.15, -0.1) is 5.10 Å². The maximum absolute atomic E-state index is 11.3. The van der Waals surface area contributed by atoms with Crippen LogP contribution >= 0.6 is 0 Å². The van der Waals surface area contributed by atoms with Crippen molar-refractivity contribution < 1.29 is 4.92 Å². The van der Waals surface area contributed by atoms with Crippen molar-refractivity contribution in [3.05, 3.63) is 34.4 Å². The molecule has 102 valence electrons. The Morgan fingerprint density at radius 2 is 1.90 bits per heavy atom. The van der Waals surface area contributed by atoms with Gasteiger partial charge in [-0.05, 0) is 17.6 Å².